The first-order valence-electron chi connectivity index (χ1n) is 4.98. The molecule has 0 aromatic heterocycles. The molecule has 4 atom stereocenters. The Morgan fingerprint density at radius 3 is 1.76 bits per heavy atom. The first-order valence-corrected chi connectivity index (χ1v) is 4.98. The summed E-state index contributed by atoms with van der Waals surface area (Å²) in [6.45, 7) is 6.16. The molecule has 96 valence electrons. The second-order valence-corrected chi connectivity index (χ2v) is 4.55. The summed E-state index contributed by atoms with van der Waals surface area (Å²) >= 11 is 0. The number of alkyl halides is 6. The predicted molar refractivity (Wildman–Crippen MR) is 49.6 cm³/mol. The Bertz CT molecular complexity index is 389. The van der Waals surface area contributed by atoms with Gasteiger partial charge in [-0.05, 0) is 0 Å². The average molecular weight is 256 g/mol. The van der Waals surface area contributed by atoms with Crippen LogP contribution in [0, 0.1) is 11.8 Å². The lowest BCUT2D eigenvalue weighted by Gasteiger charge is -2.36. The van der Waals surface area contributed by atoms with Crippen LogP contribution in [0.5, 0.6) is 0 Å². The molecule has 17 heavy (non-hydrogen) atoms. The molecule has 6 heteroatoms. The average Bonchev–Trinajstić information content (AvgIpc) is 2.39. The van der Waals surface area contributed by atoms with E-state index in [1.807, 2.05) is 0 Å². The Hall–Kier alpha value is -0.940. The van der Waals surface area contributed by atoms with Crippen molar-refractivity contribution in [1.29, 1.82) is 0 Å². The van der Waals surface area contributed by atoms with Crippen LogP contribution in [0.4, 0.5) is 26.3 Å². The zero-order chi connectivity index (χ0) is 13.3. The van der Waals surface area contributed by atoms with Crippen molar-refractivity contribution in [2.24, 2.45) is 11.8 Å². The summed E-state index contributed by atoms with van der Waals surface area (Å²) in [7, 11) is 0. The standard InChI is InChI=1S/C11H10F6/c1-3-6-7(4-2)10(15)9(13,14)5-8(6,12)11(10,16)17/h3-4,6-7H,1-2,5H2. The first kappa shape index (κ1) is 12.5. The molecule has 0 aromatic rings. The number of fused-ring (bicyclic) bond motifs is 2. The van der Waals surface area contributed by atoms with Gasteiger partial charge < -0.3 is 0 Å². The highest BCUT2D eigenvalue weighted by atomic mass is 19.3. The number of hydrogen-bond acceptors (Lipinski definition) is 0. The fourth-order valence-corrected chi connectivity index (χ4v) is 3.05. The molecule has 2 bridgehead atoms. The Morgan fingerprint density at radius 2 is 1.35 bits per heavy atom. The van der Waals surface area contributed by atoms with E-state index in [2.05, 4.69) is 13.2 Å². The second kappa shape index (κ2) is 2.90. The van der Waals surface area contributed by atoms with Crippen molar-refractivity contribution >= 4 is 0 Å². The Kier molecular flexibility index (Phi) is 2.13. The van der Waals surface area contributed by atoms with Crippen molar-refractivity contribution in [3.8, 4) is 0 Å². The fraction of sp³-hybridized carbons (Fsp3) is 0.636. The summed E-state index contributed by atoms with van der Waals surface area (Å²) in [4.78, 5) is 0. The molecule has 0 aromatic carbocycles. The third-order valence-electron chi connectivity index (χ3n) is 3.87. The van der Waals surface area contributed by atoms with Gasteiger partial charge in [0.05, 0.1) is 6.42 Å². The van der Waals surface area contributed by atoms with Crippen LogP contribution in [-0.4, -0.2) is 23.2 Å². The van der Waals surface area contributed by atoms with E-state index in [0.717, 1.165) is 6.08 Å². The van der Waals surface area contributed by atoms with Gasteiger partial charge in [0.15, 0.2) is 5.67 Å². The molecular weight excluding hydrogens is 246 g/mol. The number of halogens is 6. The van der Waals surface area contributed by atoms with Crippen LogP contribution in [0.2, 0.25) is 0 Å². The highest BCUT2D eigenvalue weighted by Crippen LogP contribution is 2.74. The fourth-order valence-electron chi connectivity index (χ4n) is 3.05. The highest BCUT2D eigenvalue weighted by molar-refractivity contribution is 5.36. The first-order chi connectivity index (χ1) is 7.60. The maximum atomic E-state index is 14.1. The minimum absolute atomic E-state index is 0.620. The van der Waals surface area contributed by atoms with Crippen molar-refractivity contribution in [3.63, 3.8) is 0 Å². The van der Waals surface area contributed by atoms with Crippen molar-refractivity contribution in [1.82, 2.24) is 0 Å². The maximum absolute atomic E-state index is 14.1. The SMILES string of the molecule is C=CC1C(C=C)C2(F)C(F)(F)CC1(F)C2(F)F. The van der Waals surface area contributed by atoms with Gasteiger partial charge in [-0.1, -0.05) is 12.2 Å². The van der Waals surface area contributed by atoms with E-state index in [-0.39, 0.29) is 0 Å². The molecule has 2 rings (SSSR count). The molecule has 2 saturated carbocycles. The highest BCUT2D eigenvalue weighted by Gasteiger charge is 2.94. The molecule has 2 fully saturated rings. The summed E-state index contributed by atoms with van der Waals surface area (Å²) in [6, 6.07) is 0. The van der Waals surface area contributed by atoms with Gasteiger partial charge >= 0.3 is 5.92 Å². The van der Waals surface area contributed by atoms with Crippen LogP contribution in [0.1, 0.15) is 6.42 Å². The summed E-state index contributed by atoms with van der Waals surface area (Å²) in [5.74, 6) is -12.8. The van der Waals surface area contributed by atoms with E-state index in [0.29, 0.717) is 6.08 Å². The molecule has 0 heterocycles. The maximum Gasteiger partial charge on any atom is 0.322 e. The monoisotopic (exact) mass is 256 g/mol. The lowest BCUT2D eigenvalue weighted by atomic mass is 9.75. The Labute approximate surface area is 94.0 Å². The van der Waals surface area contributed by atoms with Crippen LogP contribution in [-0.2, 0) is 0 Å². The topological polar surface area (TPSA) is 0 Å². The van der Waals surface area contributed by atoms with Gasteiger partial charge in [0.2, 0.25) is 5.67 Å². The third-order valence-corrected chi connectivity index (χ3v) is 3.87. The third kappa shape index (κ3) is 0.948. The van der Waals surface area contributed by atoms with Crippen LogP contribution in [0.25, 0.3) is 0 Å². The van der Waals surface area contributed by atoms with Crippen molar-refractivity contribution in [2.75, 3.05) is 0 Å². The van der Waals surface area contributed by atoms with E-state index in [1.54, 1.807) is 0 Å². The summed E-state index contributed by atoms with van der Waals surface area (Å²) in [5, 5.41) is 0. The second-order valence-electron chi connectivity index (χ2n) is 4.55. The van der Waals surface area contributed by atoms with Crippen molar-refractivity contribution < 1.29 is 26.3 Å². The molecule has 2 aliphatic carbocycles. The van der Waals surface area contributed by atoms with Crippen LogP contribution in [0.15, 0.2) is 25.3 Å². The van der Waals surface area contributed by atoms with Crippen LogP contribution in [0.3, 0.4) is 0 Å². The number of rotatable bonds is 2. The molecule has 0 spiro atoms. The number of allylic oxidation sites excluding steroid dienone is 2. The molecule has 0 saturated heterocycles. The van der Waals surface area contributed by atoms with E-state index in [1.165, 1.54) is 0 Å². The molecule has 0 radical (unpaired) electrons. The van der Waals surface area contributed by atoms with Gasteiger partial charge in [0.1, 0.15) is 0 Å². The van der Waals surface area contributed by atoms with Crippen molar-refractivity contribution in [3.05, 3.63) is 25.3 Å². The van der Waals surface area contributed by atoms with Gasteiger partial charge in [-0.2, -0.15) is 8.78 Å². The molecular formula is C11H10F6. The smallest absolute Gasteiger partial charge is 0.236 e. The zero-order valence-electron chi connectivity index (χ0n) is 8.70. The molecule has 2 aliphatic rings. The van der Waals surface area contributed by atoms with E-state index in [4.69, 9.17) is 0 Å². The van der Waals surface area contributed by atoms with Crippen LogP contribution >= 0.6 is 0 Å². The summed E-state index contributed by atoms with van der Waals surface area (Å²) in [6.07, 6.45) is -0.448. The van der Waals surface area contributed by atoms with E-state index >= 15 is 0 Å². The van der Waals surface area contributed by atoms with Crippen molar-refractivity contribution in [2.45, 2.75) is 29.6 Å². The number of hydrogen-bond donors (Lipinski definition) is 0. The minimum atomic E-state index is -4.75. The largest absolute Gasteiger partial charge is 0.322 e. The molecule has 4 unspecified atom stereocenters. The predicted octanol–water partition coefficient (Wildman–Crippen LogP) is 3.70. The van der Waals surface area contributed by atoms with Gasteiger partial charge in [-0.25, -0.2) is 17.6 Å². The molecule has 0 amide bonds. The molecule has 0 aliphatic heterocycles. The Morgan fingerprint density at radius 1 is 0.882 bits per heavy atom. The lowest BCUT2D eigenvalue weighted by molar-refractivity contribution is -0.213. The minimum Gasteiger partial charge on any atom is -0.236 e. The lowest BCUT2D eigenvalue weighted by Crippen LogP contribution is -2.53. The molecule has 0 N–H and O–H groups in total. The van der Waals surface area contributed by atoms with Crippen LogP contribution < -0.4 is 0 Å². The summed E-state index contributed by atoms with van der Waals surface area (Å²) in [5.41, 5.74) is -7.83. The quantitative estimate of drug-likeness (QED) is 0.522. The Balaban J connectivity index is 2.71. The van der Waals surface area contributed by atoms with E-state index < -0.39 is 41.4 Å². The van der Waals surface area contributed by atoms with Gasteiger partial charge in [-0.3, -0.25) is 0 Å². The van der Waals surface area contributed by atoms with Gasteiger partial charge in [-0.15, -0.1) is 13.2 Å². The van der Waals surface area contributed by atoms with Gasteiger partial charge in [0.25, 0.3) is 5.92 Å². The zero-order valence-corrected chi connectivity index (χ0v) is 8.70. The summed E-state index contributed by atoms with van der Waals surface area (Å²) < 4.78 is 82.1. The molecule has 0 nitrogen and oxygen atoms in total. The van der Waals surface area contributed by atoms with Gasteiger partial charge in [0, 0.05) is 11.8 Å². The normalized spacial score (nSPS) is 50.2. The van der Waals surface area contributed by atoms with E-state index in [9.17, 15) is 26.3 Å².